The van der Waals surface area contributed by atoms with Crippen molar-refractivity contribution < 1.29 is 13.9 Å². The number of pyridine rings is 2. The Hall–Kier alpha value is -5.89. The van der Waals surface area contributed by atoms with Crippen molar-refractivity contribution in [1.29, 1.82) is 0 Å². The number of fused-ring (bicyclic) bond motifs is 7. The van der Waals surface area contributed by atoms with E-state index in [9.17, 15) is 9.50 Å². The molecule has 0 atom stereocenters. The lowest BCUT2D eigenvalue weighted by molar-refractivity contribution is 0.476. The van der Waals surface area contributed by atoms with Crippen molar-refractivity contribution in [2.45, 2.75) is 14.9 Å². The fourth-order valence-electron chi connectivity index (χ4n) is 6.93. The molecule has 0 aliphatic heterocycles. The van der Waals surface area contributed by atoms with Gasteiger partial charge in [0.1, 0.15) is 28.4 Å². The van der Waals surface area contributed by atoms with Crippen molar-refractivity contribution in [1.82, 2.24) is 9.97 Å². The average Bonchev–Trinajstić information content (AvgIpc) is 3.67. The Morgan fingerprint density at radius 1 is 0.529 bits per heavy atom. The molecule has 7 heteroatoms. The van der Waals surface area contributed by atoms with Gasteiger partial charge in [-0.2, -0.15) is 0 Å². The minimum Gasteiger partial charge on any atom is -0.506 e. The zero-order valence-electron chi connectivity index (χ0n) is 25.6. The Kier molecular flexibility index (Phi) is 7.90. The van der Waals surface area contributed by atoms with Gasteiger partial charge in [0.25, 0.3) is 0 Å². The summed E-state index contributed by atoms with van der Waals surface area (Å²) in [6, 6.07) is 43.2. The van der Waals surface area contributed by atoms with E-state index in [1.54, 1.807) is 23.5 Å². The van der Waals surface area contributed by atoms with E-state index in [2.05, 4.69) is 59.6 Å². The van der Waals surface area contributed by atoms with Crippen molar-refractivity contribution in [3.05, 3.63) is 139 Å². The zero-order valence-corrected chi connectivity index (χ0v) is 27.3. The SMILES string of the molecule is C.C.Oc1cc2ccccc2nc1-c1cccc2sc3cccc(F)c3c12.c1ccc2nc3c(cc2c1)oc1cccc2sc4cccc3c4c12. The minimum absolute atomic E-state index is 0. The highest BCUT2D eigenvalue weighted by Gasteiger charge is 2.18. The van der Waals surface area contributed by atoms with Crippen LogP contribution in [0.25, 0.3) is 95.5 Å². The fraction of sp³-hybridized carbons (Fsp3) is 0.0455. The molecule has 248 valence electrons. The molecule has 0 unspecified atom stereocenters. The number of halogens is 1. The molecule has 0 aliphatic carbocycles. The number of hydrogen-bond donors (Lipinski definition) is 1. The van der Waals surface area contributed by atoms with Crippen LogP contribution in [-0.2, 0) is 0 Å². The van der Waals surface area contributed by atoms with Crippen molar-refractivity contribution in [2.75, 3.05) is 0 Å². The molecule has 0 saturated heterocycles. The highest BCUT2D eigenvalue weighted by molar-refractivity contribution is 7.26. The summed E-state index contributed by atoms with van der Waals surface area (Å²) >= 11 is 3.35. The number of para-hydroxylation sites is 2. The van der Waals surface area contributed by atoms with Crippen LogP contribution in [0.5, 0.6) is 5.75 Å². The first kappa shape index (κ1) is 32.3. The third kappa shape index (κ3) is 5.08. The van der Waals surface area contributed by atoms with Crippen LogP contribution < -0.4 is 0 Å². The molecule has 0 amide bonds. The lowest BCUT2D eigenvalue weighted by Crippen LogP contribution is -1.88. The quantitative estimate of drug-likeness (QED) is 0.185. The number of benzene rings is 6. The molecule has 4 nitrogen and oxygen atoms in total. The Bertz CT molecular complexity index is 3100. The Morgan fingerprint density at radius 2 is 1.12 bits per heavy atom. The van der Waals surface area contributed by atoms with E-state index >= 15 is 0 Å². The number of hydrogen-bond acceptors (Lipinski definition) is 6. The number of nitrogens with zero attached hydrogens (tertiary/aromatic N) is 2. The second-order valence-electron chi connectivity index (χ2n) is 12.0. The summed E-state index contributed by atoms with van der Waals surface area (Å²) < 4.78 is 25.3. The van der Waals surface area contributed by atoms with Gasteiger partial charge in [-0.3, -0.25) is 0 Å². The number of rotatable bonds is 1. The molecule has 0 spiro atoms. The largest absolute Gasteiger partial charge is 0.506 e. The predicted molar refractivity (Wildman–Crippen MR) is 217 cm³/mol. The van der Waals surface area contributed by atoms with E-state index in [1.165, 1.54) is 26.2 Å². The van der Waals surface area contributed by atoms with Gasteiger partial charge in [-0.05, 0) is 60.7 Å². The van der Waals surface area contributed by atoms with Gasteiger partial charge in [0.2, 0.25) is 0 Å². The molecule has 0 saturated carbocycles. The van der Waals surface area contributed by atoms with Crippen LogP contribution >= 0.6 is 22.7 Å². The summed E-state index contributed by atoms with van der Waals surface area (Å²) in [6.45, 7) is 0. The molecule has 51 heavy (non-hydrogen) atoms. The monoisotopic (exact) mass is 702 g/mol. The molecular weight excluding hydrogens is 672 g/mol. The molecule has 11 aromatic rings. The minimum atomic E-state index is -0.253. The Balaban J connectivity index is 0.000000141. The number of thiophene rings is 2. The van der Waals surface area contributed by atoms with Crippen LogP contribution in [0.4, 0.5) is 4.39 Å². The summed E-state index contributed by atoms with van der Waals surface area (Å²) in [5.74, 6) is -0.154. The first-order valence-electron chi connectivity index (χ1n) is 15.8. The first-order valence-corrected chi connectivity index (χ1v) is 17.5. The van der Waals surface area contributed by atoms with Gasteiger partial charge in [0.05, 0.1) is 11.0 Å². The van der Waals surface area contributed by atoms with Gasteiger partial charge in [0.15, 0.2) is 5.58 Å². The molecule has 0 aliphatic rings. The smallest absolute Gasteiger partial charge is 0.154 e. The van der Waals surface area contributed by atoms with Gasteiger partial charge < -0.3 is 9.52 Å². The van der Waals surface area contributed by atoms with Gasteiger partial charge in [-0.15, -0.1) is 22.7 Å². The van der Waals surface area contributed by atoms with Crippen LogP contribution in [0.15, 0.2) is 138 Å². The fourth-order valence-corrected chi connectivity index (χ4v) is 9.22. The summed E-state index contributed by atoms with van der Waals surface area (Å²) in [6.07, 6.45) is 0. The Morgan fingerprint density at radius 3 is 1.88 bits per heavy atom. The van der Waals surface area contributed by atoms with Gasteiger partial charge in [-0.1, -0.05) is 87.6 Å². The zero-order chi connectivity index (χ0) is 32.6. The summed E-state index contributed by atoms with van der Waals surface area (Å²) in [5.41, 5.74) is 5.69. The molecular formula is C44H31FN2O2S2. The predicted octanol–water partition coefficient (Wildman–Crippen LogP) is 13.9. The van der Waals surface area contributed by atoms with Crippen LogP contribution in [-0.4, -0.2) is 15.1 Å². The normalized spacial score (nSPS) is 11.4. The van der Waals surface area contributed by atoms with E-state index in [0.29, 0.717) is 11.1 Å². The maximum absolute atomic E-state index is 14.5. The highest BCUT2D eigenvalue weighted by Crippen LogP contribution is 2.44. The topological polar surface area (TPSA) is 59.2 Å². The average molecular weight is 703 g/mol. The summed E-state index contributed by atoms with van der Waals surface area (Å²) in [7, 11) is 0. The number of aromatic hydroxyl groups is 1. The van der Waals surface area contributed by atoms with Crippen molar-refractivity contribution in [2.24, 2.45) is 0 Å². The van der Waals surface area contributed by atoms with E-state index < -0.39 is 0 Å². The molecule has 11 rings (SSSR count). The summed E-state index contributed by atoms with van der Waals surface area (Å²) in [5, 5.41) is 17.5. The molecule has 5 aromatic heterocycles. The van der Waals surface area contributed by atoms with E-state index in [-0.39, 0.29) is 26.4 Å². The van der Waals surface area contributed by atoms with E-state index in [4.69, 9.17) is 9.40 Å². The van der Waals surface area contributed by atoms with Crippen molar-refractivity contribution >= 4 is 107 Å². The molecule has 0 fully saturated rings. The second-order valence-corrected chi connectivity index (χ2v) is 14.2. The summed E-state index contributed by atoms with van der Waals surface area (Å²) in [4.78, 5) is 9.57. The number of aromatic nitrogens is 2. The van der Waals surface area contributed by atoms with Gasteiger partial charge in [0, 0.05) is 62.1 Å². The standard InChI is InChI=1S/C21H12FNOS.C21H11NOS.2CH4/c22-14-7-4-10-18-20(14)19-13(6-3-9-17(19)25-18)21-16(24)11-12-5-1-2-8-15(12)23-21;1-2-7-14-12(5-1)11-16-21(22-14)13-6-3-9-17-19(13)20-15(23-16)8-4-10-18(20)24-17;;/h1-11,24H;1-11H;2*1H4. The van der Waals surface area contributed by atoms with E-state index in [1.807, 2.05) is 72.0 Å². The van der Waals surface area contributed by atoms with Crippen molar-refractivity contribution in [3.63, 3.8) is 0 Å². The molecule has 0 bridgehead atoms. The van der Waals surface area contributed by atoms with Crippen LogP contribution in [0, 0.1) is 5.82 Å². The molecule has 6 aromatic carbocycles. The molecule has 0 radical (unpaired) electrons. The van der Waals surface area contributed by atoms with Crippen LogP contribution in [0.1, 0.15) is 14.9 Å². The van der Waals surface area contributed by atoms with Gasteiger partial charge >= 0.3 is 0 Å². The maximum Gasteiger partial charge on any atom is 0.154 e. The van der Waals surface area contributed by atoms with Gasteiger partial charge in [-0.25, -0.2) is 14.4 Å². The third-order valence-corrected chi connectivity index (χ3v) is 11.3. The Labute approximate surface area is 300 Å². The lowest BCUT2D eigenvalue weighted by Gasteiger charge is -2.08. The molecule has 5 heterocycles. The third-order valence-electron chi connectivity index (χ3n) is 9.08. The maximum atomic E-state index is 14.5. The second kappa shape index (κ2) is 12.5. The van der Waals surface area contributed by atoms with Crippen LogP contribution in [0.2, 0.25) is 0 Å². The highest BCUT2D eigenvalue weighted by atomic mass is 32.1. The lowest BCUT2D eigenvalue weighted by atomic mass is 10.0. The first-order chi connectivity index (χ1) is 24.1. The molecule has 1 N–H and O–H groups in total. The van der Waals surface area contributed by atoms with E-state index in [0.717, 1.165) is 64.2 Å². The van der Waals surface area contributed by atoms with Crippen molar-refractivity contribution in [3.8, 4) is 17.0 Å². The van der Waals surface area contributed by atoms with Crippen LogP contribution in [0.3, 0.4) is 0 Å².